The van der Waals surface area contributed by atoms with Gasteiger partial charge in [0, 0.05) is 24.2 Å². The minimum absolute atomic E-state index is 0.273. The summed E-state index contributed by atoms with van der Waals surface area (Å²) in [5.41, 5.74) is 4.20. The zero-order valence-electron chi connectivity index (χ0n) is 7.98. The van der Waals surface area contributed by atoms with Gasteiger partial charge in [0.25, 0.3) is 0 Å². The van der Waals surface area contributed by atoms with Crippen molar-refractivity contribution >= 4 is 11.5 Å². The molecule has 0 aromatic heterocycles. The van der Waals surface area contributed by atoms with Gasteiger partial charge in [-0.15, -0.1) is 0 Å². The molecule has 1 aliphatic heterocycles. The molecule has 0 fully saturated rings. The molecular formula is C11H13NO. The Hall–Kier alpha value is -1.31. The summed E-state index contributed by atoms with van der Waals surface area (Å²) in [7, 11) is 0. The van der Waals surface area contributed by atoms with Gasteiger partial charge < -0.3 is 5.32 Å². The van der Waals surface area contributed by atoms with E-state index in [1.807, 2.05) is 19.9 Å². The normalized spacial score (nSPS) is 15.1. The van der Waals surface area contributed by atoms with Crippen LogP contribution in [0.1, 0.15) is 27.9 Å². The zero-order valence-corrected chi connectivity index (χ0v) is 7.98. The lowest BCUT2D eigenvalue weighted by atomic mass is 9.94. The van der Waals surface area contributed by atoms with Gasteiger partial charge in [0.1, 0.15) is 0 Å². The molecule has 1 N–H and O–H groups in total. The maximum atomic E-state index is 11.6. The fourth-order valence-corrected chi connectivity index (χ4v) is 1.76. The standard InChI is InChI=1S/C11H13NO/c1-7-3-4-9-11(8(7)2)10(13)5-6-12-9/h3-4,12H,5-6H2,1-2H3. The van der Waals surface area contributed by atoms with Crippen LogP contribution >= 0.6 is 0 Å². The first-order valence-corrected chi connectivity index (χ1v) is 4.57. The highest BCUT2D eigenvalue weighted by molar-refractivity contribution is 6.04. The third kappa shape index (κ3) is 1.22. The van der Waals surface area contributed by atoms with Crippen LogP contribution in [0.4, 0.5) is 5.69 Å². The molecule has 0 saturated heterocycles. The van der Waals surface area contributed by atoms with Crippen LogP contribution in [-0.4, -0.2) is 12.3 Å². The Kier molecular flexibility index (Phi) is 1.83. The number of rotatable bonds is 0. The second-order valence-electron chi connectivity index (χ2n) is 3.53. The lowest BCUT2D eigenvalue weighted by Crippen LogP contribution is -2.19. The van der Waals surface area contributed by atoms with Crippen molar-refractivity contribution in [2.75, 3.05) is 11.9 Å². The first-order chi connectivity index (χ1) is 6.20. The summed E-state index contributed by atoms with van der Waals surface area (Å²) >= 11 is 0. The molecule has 2 rings (SSSR count). The van der Waals surface area contributed by atoms with E-state index >= 15 is 0 Å². The number of Topliss-reactive ketones (excluding diaryl/α,β-unsaturated/α-hetero) is 1. The lowest BCUT2D eigenvalue weighted by Gasteiger charge is -2.19. The van der Waals surface area contributed by atoms with Crippen LogP contribution in [0.25, 0.3) is 0 Å². The van der Waals surface area contributed by atoms with Gasteiger partial charge in [-0.25, -0.2) is 0 Å². The number of fused-ring (bicyclic) bond motifs is 1. The van der Waals surface area contributed by atoms with Crippen LogP contribution in [0.2, 0.25) is 0 Å². The van der Waals surface area contributed by atoms with Crippen molar-refractivity contribution in [3.8, 4) is 0 Å². The summed E-state index contributed by atoms with van der Waals surface area (Å²) in [5, 5.41) is 3.24. The summed E-state index contributed by atoms with van der Waals surface area (Å²) in [6.07, 6.45) is 0.622. The summed E-state index contributed by atoms with van der Waals surface area (Å²) in [6.45, 7) is 4.82. The maximum Gasteiger partial charge on any atom is 0.166 e. The predicted octanol–water partition coefficient (Wildman–Crippen LogP) is 2.30. The molecule has 0 atom stereocenters. The van der Waals surface area contributed by atoms with Crippen molar-refractivity contribution in [2.45, 2.75) is 20.3 Å². The highest BCUT2D eigenvalue weighted by Gasteiger charge is 2.19. The second kappa shape index (κ2) is 2.87. The number of aryl methyl sites for hydroxylation is 1. The molecule has 2 nitrogen and oxygen atoms in total. The number of ketones is 1. The third-order valence-corrected chi connectivity index (χ3v) is 2.68. The Bertz CT molecular complexity index is 369. The number of hydrogen-bond acceptors (Lipinski definition) is 2. The van der Waals surface area contributed by atoms with Crippen LogP contribution in [0.3, 0.4) is 0 Å². The third-order valence-electron chi connectivity index (χ3n) is 2.68. The predicted molar refractivity (Wildman–Crippen MR) is 53.4 cm³/mol. The molecule has 1 heterocycles. The van der Waals surface area contributed by atoms with Gasteiger partial charge in [0.2, 0.25) is 0 Å². The van der Waals surface area contributed by atoms with E-state index in [9.17, 15) is 4.79 Å². The minimum Gasteiger partial charge on any atom is -0.384 e. The molecule has 0 spiro atoms. The molecule has 0 aliphatic carbocycles. The van der Waals surface area contributed by atoms with Crippen molar-refractivity contribution in [3.63, 3.8) is 0 Å². The van der Waals surface area contributed by atoms with Crippen molar-refractivity contribution in [2.24, 2.45) is 0 Å². The van der Waals surface area contributed by atoms with Crippen LogP contribution in [0.5, 0.6) is 0 Å². The molecule has 0 unspecified atom stereocenters. The first kappa shape index (κ1) is 8.30. The second-order valence-corrected chi connectivity index (χ2v) is 3.53. The van der Waals surface area contributed by atoms with Crippen LogP contribution in [-0.2, 0) is 0 Å². The lowest BCUT2D eigenvalue weighted by molar-refractivity contribution is 0.0983. The van der Waals surface area contributed by atoms with Gasteiger partial charge in [0.15, 0.2) is 5.78 Å². The van der Waals surface area contributed by atoms with Gasteiger partial charge in [-0.3, -0.25) is 4.79 Å². The average molecular weight is 175 g/mol. The van der Waals surface area contributed by atoms with E-state index in [0.717, 1.165) is 23.4 Å². The summed E-state index contributed by atoms with van der Waals surface area (Å²) < 4.78 is 0. The van der Waals surface area contributed by atoms with Crippen molar-refractivity contribution in [3.05, 3.63) is 28.8 Å². The maximum absolute atomic E-state index is 11.6. The number of nitrogens with one attached hydrogen (secondary N) is 1. The van der Waals surface area contributed by atoms with Crippen LogP contribution < -0.4 is 5.32 Å². The van der Waals surface area contributed by atoms with Crippen molar-refractivity contribution < 1.29 is 4.79 Å². The van der Waals surface area contributed by atoms with E-state index in [4.69, 9.17) is 0 Å². The Balaban J connectivity index is 2.65. The average Bonchev–Trinajstić information content (AvgIpc) is 2.12. The Morgan fingerprint density at radius 1 is 1.31 bits per heavy atom. The van der Waals surface area contributed by atoms with Gasteiger partial charge in [-0.1, -0.05) is 6.07 Å². The number of hydrogen-bond donors (Lipinski definition) is 1. The van der Waals surface area contributed by atoms with Crippen molar-refractivity contribution in [1.29, 1.82) is 0 Å². The van der Waals surface area contributed by atoms with E-state index in [2.05, 4.69) is 11.4 Å². The topological polar surface area (TPSA) is 29.1 Å². The van der Waals surface area contributed by atoms with E-state index in [-0.39, 0.29) is 5.78 Å². The fourth-order valence-electron chi connectivity index (χ4n) is 1.76. The van der Waals surface area contributed by atoms with E-state index in [1.165, 1.54) is 5.56 Å². The molecule has 13 heavy (non-hydrogen) atoms. The monoisotopic (exact) mass is 175 g/mol. The smallest absolute Gasteiger partial charge is 0.166 e. The quantitative estimate of drug-likeness (QED) is 0.655. The molecule has 0 saturated carbocycles. The molecule has 2 heteroatoms. The SMILES string of the molecule is Cc1ccc2c(c1C)C(=O)CCN2. The summed E-state index contributed by atoms with van der Waals surface area (Å²) in [4.78, 5) is 11.6. The van der Waals surface area contributed by atoms with E-state index in [1.54, 1.807) is 0 Å². The largest absolute Gasteiger partial charge is 0.384 e. The first-order valence-electron chi connectivity index (χ1n) is 4.57. The van der Waals surface area contributed by atoms with Gasteiger partial charge in [-0.2, -0.15) is 0 Å². The molecule has 1 aliphatic rings. The molecule has 0 radical (unpaired) electrons. The van der Waals surface area contributed by atoms with Crippen molar-refractivity contribution in [1.82, 2.24) is 0 Å². The molecule has 0 amide bonds. The summed E-state index contributed by atoms with van der Waals surface area (Å²) in [5.74, 6) is 0.273. The highest BCUT2D eigenvalue weighted by Crippen LogP contribution is 2.26. The zero-order chi connectivity index (χ0) is 9.42. The molecule has 0 bridgehead atoms. The van der Waals surface area contributed by atoms with E-state index in [0.29, 0.717) is 6.42 Å². The molecule has 1 aromatic rings. The van der Waals surface area contributed by atoms with Crippen LogP contribution in [0, 0.1) is 13.8 Å². The minimum atomic E-state index is 0.273. The van der Waals surface area contributed by atoms with Crippen LogP contribution in [0.15, 0.2) is 12.1 Å². The number of anilines is 1. The van der Waals surface area contributed by atoms with Gasteiger partial charge in [0.05, 0.1) is 0 Å². The molecular weight excluding hydrogens is 162 g/mol. The fraction of sp³-hybridized carbons (Fsp3) is 0.364. The Morgan fingerprint density at radius 3 is 2.85 bits per heavy atom. The summed E-state index contributed by atoms with van der Waals surface area (Å²) in [6, 6.07) is 4.05. The molecule has 1 aromatic carbocycles. The van der Waals surface area contributed by atoms with Gasteiger partial charge >= 0.3 is 0 Å². The number of carbonyl (C=O) groups is 1. The molecule has 68 valence electrons. The van der Waals surface area contributed by atoms with Gasteiger partial charge in [-0.05, 0) is 31.0 Å². The Labute approximate surface area is 78.0 Å². The number of carbonyl (C=O) groups excluding carboxylic acids is 1. The highest BCUT2D eigenvalue weighted by atomic mass is 16.1. The number of benzene rings is 1. The van der Waals surface area contributed by atoms with E-state index < -0.39 is 0 Å². The Morgan fingerprint density at radius 2 is 2.08 bits per heavy atom.